The zero-order valence-corrected chi connectivity index (χ0v) is 15.5. The highest BCUT2D eigenvalue weighted by Crippen LogP contribution is 2.20. The van der Waals surface area contributed by atoms with Crippen LogP contribution in [-0.4, -0.2) is 42.7 Å². The number of hydrogen-bond donors (Lipinski definition) is 1. The van der Waals surface area contributed by atoms with Crippen molar-refractivity contribution in [2.24, 2.45) is 5.92 Å². The van der Waals surface area contributed by atoms with Gasteiger partial charge in [-0.25, -0.2) is 4.79 Å². The Balaban J connectivity index is 1.85. The first-order valence-corrected chi connectivity index (χ1v) is 8.67. The summed E-state index contributed by atoms with van der Waals surface area (Å²) in [5, 5.41) is 2.96. The first-order chi connectivity index (χ1) is 11.8. The summed E-state index contributed by atoms with van der Waals surface area (Å²) in [6.45, 7) is 7.03. The third-order valence-electron chi connectivity index (χ3n) is 4.07. The van der Waals surface area contributed by atoms with Crippen molar-refractivity contribution in [2.45, 2.75) is 45.8 Å². The van der Waals surface area contributed by atoms with Gasteiger partial charge in [-0.3, -0.25) is 4.79 Å². The Bertz CT molecular complexity index is 592. The lowest BCUT2D eigenvalue weighted by Crippen LogP contribution is -2.46. The van der Waals surface area contributed by atoms with Crippen LogP contribution in [0.1, 0.15) is 39.2 Å². The summed E-state index contributed by atoms with van der Waals surface area (Å²) in [6, 6.07) is 7.58. The molecule has 2 rings (SSSR count). The average Bonchev–Trinajstić information content (AvgIpc) is 2.58. The molecule has 1 heterocycles. The third kappa shape index (κ3) is 5.96. The number of hydrogen-bond acceptors (Lipinski definition) is 4. The predicted octanol–water partition coefficient (Wildman–Crippen LogP) is 2.96. The Morgan fingerprint density at radius 1 is 1.24 bits per heavy atom. The van der Waals surface area contributed by atoms with E-state index in [1.807, 2.05) is 45.0 Å². The normalized spacial score (nSPS) is 17.8. The summed E-state index contributed by atoms with van der Waals surface area (Å²) in [5.74, 6) is 0.568. The topological polar surface area (TPSA) is 67.9 Å². The quantitative estimate of drug-likeness (QED) is 0.908. The number of nitrogens with zero attached hydrogens (tertiary/aromatic N) is 1. The van der Waals surface area contributed by atoms with E-state index in [9.17, 15) is 9.59 Å². The van der Waals surface area contributed by atoms with Gasteiger partial charge in [-0.1, -0.05) is 12.1 Å². The fourth-order valence-electron chi connectivity index (χ4n) is 2.76. The molecule has 0 spiro atoms. The maximum absolute atomic E-state index is 12.4. The molecule has 2 amide bonds. The Labute approximate surface area is 149 Å². The number of benzene rings is 1. The number of ether oxygens (including phenoxy) is 2. The minimum absolute atomic E-state index is 0.0240. The zero-order chi connectivity index (χ0) is 18.4. The summed E-state index contributed by atoms with van der Waals surface area (Å²) >= 11 is 0. The van der Waals surface area contributed by atoms with Gasteiger partial charge in [-0.05, 0) is 51.3 Å². The molecule has 0 bridgehead atoms. The van der Waals surface area contributed by atoms with Gasteiger partial charge in [0.2, 0.25) is 5.91 Å². The van der Waals surface area contributed by atoms with Gasteiger partial charge in [-0.15, -0.1) is 0 Å². The molecule has 0 radical (unpaired) electrons. The fourth-order valence-corrected chi connectivity index (χ4v) is 2.76. The highest BCUT2D eigenvalue weighted by Gasteiger charge is 2.30. The first kappa shape index (κ1) is 19.1. The maximum atomic E-state index is 12.4. The van der Waals surface area contributed by atoms with Gasteiger partial charge in [0.05, 0.1) is 13.0 Å². The summed E-state index contributed by atoms with van der Waals surface area (Å²) in [4.78, 5) is 26.2. The van der Waals surface area contributed by atoms with E-state index in [-0.39, 0.29) is 17.9 Å². The number of rotatable bonds is 4. The Kier molecular flexibility index (Phi) is 6.28. The summed E-state index contributed by atoms with van der Waals surface area (Å²) in [7, 11) is 1.62. The number of piperidine rings is 1. The molecule has 0 saturated carbocycles. The van der Waals surface area contributed by atoms with Crippen molar-refractivity contribution >= 4 is 12.0 Å². The molecule has 1 atom stereocenters. The fraction of sp³-hybridized carbons (Fsp3) is 0.579. The van der Waals surface area contributed by atoms with Crippen LogP contribution in [0.5, 0.6) is 5.75 Å². The van der Waals surface area contributed by atoms with Gasteiger partial charge >= 0.3 is 6.09 Å². The molecule has 1 saturated heterocycles. The Morgan fingerprint density at radius 2 is 1.92 bits per heavy atom. The van der Waals surface area contributed by atoms with Gasteiger partial charge in [0, 0.05) is 19.6 Å². The lowest BCUT2D eigenvalue weighted by molar-refractivity contribution is -0.126. The van der Waals surface area contributed by atoms with Gasteiger partial charge in [0.15, 0.2) is 0 Å². The van der Waals surface area contributed by atoms with E-state index < -0.39 is 5.60 Å². The van der Waals surface area contributed by atoms with Gasteiger partial charge < -0.3 is 19.7 Å². The van der Waals surface area contributed by atoms with E-state index in [1.54, 1.807) is 12.0 Å². The zero-order valence-electron chi connectivity index (χ0n) is 15.5. The van der Waals surface area contributed by atoms with E-state index >= 15 is 0 Å². The van der Waals surface area contributed by atoms with Crippen LogP contribution >= 0.6 is 0 Å². The van der Waals surface area contributed by atoms with Crippen molar-refractivity contribution in [1.29, 1.82) is 0 Å². The highest BCUT2D eigenvalue weighted by molar-refractivity contribution is 5.80. The molecular weight excluding hydrogens is 320 g/mol. The van der Waals surface area contributed by atoms with Gasteiger partial charge in [-0.2, -0.15) is 0 Å². The summed E-state index contributed by atoms with van der Waals surface area (Å²) in [6.07, 6.45) is 1.24. The monoisotopic (exact) mass is 348 g/mol. The van der Waals surface area contributed by atoms with Crippen LogP contribution in [0.15, 0.2) is 24.3 Å². The van der Waals surface area contributed by atoms with Crippen molar-refractivity contribution in [3.05, 3.63) is 29.8 Å². The standard InChI is InChI=1S/C19H28N2O4/c1-19(2,3)25-18(23)21-11-5-6-15(13-21)17(22)20-12-14-7-9-16(24-4)10-8-14/h7-10,15H,5-6,11-13H2,1-4H3,(H,20,22)/t15-/m1/s1. The maximum Gasteiger partial charge on any atom is 0.410 e. The first-order valence-electron chi connectivity index (χ1n) is 8.67. The van der Waals surface area contributed by atoms with Crippen LogP contribution in [0, 0.1) is 5.92 Å². The van der Waals surface area contributed by atoms with Gasteiger partial charge in [0.1, 0.15) is 11.4 Å². The highest BCUT2D eigenvalue weighted by atomic mass is 16.6. The number of likely N-dealkylation sites (tertiary alicyclic amines) is 1. The molecular formula is C19H28N2O4. The number of nitrogens with one attached hydrogen (secondary N) is 1. The van der Waals surface area contributed by atoms with Crippen LogP contribution in [-0.2, 0) is 16.1 Å². The van der Waals surface area contributed by atoms with Crippen LogP contribution in [0.2, 0.25) is 0 Å². The molecule has 1 fully saturated rings. The lowest BCUT2D eigenvalue weighted by Gasteiger charge is -2.33. The molecule has 1 aromatic rings. The van der Waals surface area contributed by atoms with E-state index in [4.69, 9.17) is 9.47 Å². The van der Waals surface area contributed by atoms with E-state index in [1.165, 1.54) is 0 Å². The van der Waals surface area contributed by atoms with Crippen molar-refractivity contribution in [3.63, 3.8) is 0 Å². The number of amides is 2. The van der Waals surface area contributed by atoms with Crippen LogP contribution in [0.25, 0.3) is 0 Å². The summed E-state index contributed by atoms with van der Waals surface area (Å²) < 4.78 is 10.5. The van der Waals surface area contributed by atoms with Crippen LogP contribution in [0.4, 0.5) is 4.79 Å². The van der Waals surface area contributed by atoms with Crippen molar-refractivity contribution < 1.29 is 19.1 Å². The molecule has 1 N–H and O–H groups in total. The molecule has 0 unspecified atom stereocenters. The minimum Gasteiger partial charge on any atom is -0.497 e. The molecule has 1 aliphatic rings. The molecule has 1 aromatic carbocycles. The molecule has 25 heavy (non-hydrogen) atoms. The Hall–Kier alpha value is -2.24. The second-order valence-corrected chi connectivity index (χ2v) is 7.33. The summed E-state index contributed by atoms with van der Waals surface area (Å²) in [5.41, 5.74) is 0.481. The van der Waals surface area contributed by atoms with Gasteiger partial charge in [0.25, 0.3) is 0 Å². The lowest BCUT2D eigenvalue weighted by atomic mass is 9.97. The van der Waals surface area contributed by atoms with Crippen molar-refractivity contribution in [3.8, 4) is 5.75 Å². The second kappa shape index (κ2) is 8.23. The minimum atomic E-state index is -0.527. The Morgan fingerprint density at radius 3 is 2.52 bits per heavy atom. The van der Waals surface area contributed by atoms with E-state index in [0.29, 0.717) is 19.6 Å². The van der Waals surface area contributed by atoms with Crippen LogP contribution < -0.4 is 10.1 Å². The molecule has 6 nitrogen and oxygen atoms in total. The molecule has 138 valence electrons. The van der Waals surface area contributed by atoms with E-state index in [0.717, 1.165) is 24.2 Å². The molecule has 6 heteroatoms. The van der Waals surface area contributed by atoms with E-state index in [2.05, 4.69) is 5.32 Å². The number of carbonyl (C=O) groups is 2. The molecule has 0 aromatic heterocycles. The third-order valence-corrected chi connectivity index (χ3v) is 4.07. The molecule has 1 aliphatic heterocycles. The second-order valence-electron chi connectivity index (χ2n) is 7.33. The predicted molar refractivity (Wildman–Crippen MR) is 95.4 cm³/mol. The SMILES string of the molecule is COc1ccc(CNC(=O)[C@@H]2CCCN(C(=O)OC(C)(C)C)C2)cc1. The van der Waals surface area contributed by atoms with Crippen molar-refractivity contribution in [2.75, 3.05) is 20.2 Å². The number of methoxy groups -OCH3 is 1. The molecule has 0 aliphatic carbocycles. The average molecular weight is 348 g/mol. The largest absolute Gasteiger partial charge is 0.497 e. The number of carbonyl (C=O) groups excluding carboxylic acids is 2. The smallest absolute Gasteiger partial charge is 0.410 e. The van der Waals surface area contributed by atoms with Crippen LogP contribution in [0.3, 0.4) is 0 Å². The van der Waals surface area contributed by atoms with Crippen molar-refractivity contribution in [1.82, 2.24) is 10.2 Å².